The fraction of sp³-hybridized carbons (Fsp3) is 0.195. The molecule has 0 bridgehead atoms. The van der Waals surface area contributed by atoms with Gasteiger partial charge in [0.25, 0.3) is 23.6 Å². The minimum absolute atomic E-state index is 0.152. The Hall–Kier alpha value is -6.49. The van der Waals surface area contributed by atoms with Gasteiger partial charge in [-0.05, 0) is 84.6 Å². The maximum atomic E-state index is 12.3. The van der Waals surface area contributed by atoms with Gasteiger partial charge in [-0.15, -0.1) is 0 Å². The number of carbonyl (C=O) groups is 5. The van der Waals surface area contributed by atoms with Crippen molar-refractivity contribution in [3.05, 3.63) is 152 Å². The molecule has 5 rings (SSSR count). The normalized spacial score (nSPS) is 10.3. The topological polar surface area (TPSA) is 223 Å². The highest BCUT2D eigenvalue weighted by atomic mass is 32.1. The summed E-state index contributed by atoms with van der Waals surface area (Å²) < 4.78 is 0.778. The Morgan fingerprint density at radius 1 is 0.579 bits per heavy atom. The zero-order valence-electron chi connectivity index (χ0n) is 30.9. The van der Waals surface area contributed by atoms with Crippen LogP contribution in [0.1, 0.15) is 84.7 Å². The van der Waals surface area contributed by atoms with E-state index in [0.717, 1.165) is 30.4 Å². The monoisotopic (exact) mass is 808 g/mol. The van der Waals surface area contributed by atoms with Crippen molar-refractivity contribution >= 4 is 65.3 Å². The van der Waals surface area contributed by atoms with Crippen LogP contribution in [-0.4, -0.2) is 51.3 Å². The average molecular weight is 809 g/mol. The van der Waals surface area contributed by atoms with Crippen molar-refractivity contribution in [2.45, 2.75) is 45.2 Å². The van der Waals surface area contributed by atoms with Crippen LogP contribution >= 0.6 is 24.4 Å². The molecule has 5 amide bonds. The molecule has 2 heterocycles. The molecule has 10 N–H and O–H groups in total. The lowest BCUT2D eigenvalue weighted by Gasteiger charge is -2.09. The molecule has 0 aliphatic heterocycles. The molecule has 0 atom stereocenters. The van der Waals surface area contributed by atoms with Crippen LogP contribution in [0.4, 0.5) is 11.4 Å². The number of hydrogen-bond acceptors (Lipinski definition) is 9. The van der Waals surface area contributed by atoms with E-state index in [9.17, 15) is 24.0 Å². The Balaban J connectivity index is 0.000000254. The number of benzene rings is 3. The van der Waals surface area contributed by atoms with Crippen molar-refractivity contribution in [3.8, 4) is 0 Å². The Bertz CT molecular complexity index is 2260. The lowest BCUT2D eigenvalue weighted by atomic mass is 10.1. The highest BCUT2D eigenvalue weighted by Crippen LogP contribution is 2.18. The second kappa shape index (κ2) is 22.8. The third-order valence-electron chi connectivity index (χ3n) is 8.41. The van der Waals surface area contributed by atoms with Crippen LogP contribution in [0.25, 0.3) is 0 Å². The summed E-state index contributed by atoms with van der Waals surface area (Å²) in [5.74, 6) is -1.29. The van der Waals surface area contributed by atoms with Gasteiger partial charge >= 0.3 is 0 Å². The van der Waals surface area contributed by atoms with Crippen molar-refractivity contribution in [2.24, 2.45) is 0 Å². The summed E-state index contributed by atoms with van der Waals surface area (Å²) >= 11 is 10.2. The standard InChI is InChI=1S/C21H26N4O4S.C20H18N4O2S/c26-18(25-29)7-3-1-2-4-12-22-19(27)16-10-8-15(9-11-16)14-24-20(28)17-6-5-13-23-21(17)30;21-16-5-1-2-6-17(16)24-18(25)14-9-7-13(8-10-14)12-23-19(26)15-4-3-11-22-20(15)27/h5-6,8-11,13,29H,1-4,7,12,14H2,(H,22,27)(H,23,30)(H,24,28)(H,25,26);1-11H,12,21H2,(H,22,27)(H,23,26)(H,24,25). The van der Waals surface area contributed by atoms with Gasteiger partial charge in [-0.1, -0.05) is 73.7 Å². The van der Waals surface area contributed by atoms with Gasteiger partial charge in [-0.25, -0.2) is 5.48 Å². The number of nitrogens with one attached hydrogen (secondary N) is 7. The maximum absolute atomic E-state index is 12.3. The molecule has 5 aromatic rings. The Morgan fingerprint density at radius 3 is 1.60 bits per heavy atom. The Kier molecular flexibility index (Phi) is 17.3. The molecule has 16 heteroatoms. The van der Waals surface area contributed by atoms with Crippen LogP contribution < -0.4 is 32.5 Å². The first-order valence-corrected chi connectivity index (χ1v) is 18.8. The van der Waals surface area contributed by atoms with E-state index in [2.05, 4.69) is 31.2 Å². The van der Waals surface area contributed by atoms with Gasteiger partial charge < -0.3 is 37.0 Å². The number of aromatic nitrogens is 2. The van der Waals surface area contributed by atoms with E-state index in [-0.39, 0.29) is 29.5 Å². The second-order valence-corrected chi connectivity index (χ2v) is 13.4. The summed E-state index contributed by atoms with van der Waals surface area (Å²) in [5.41, 5.74) is 12.1. The molecule has 3 aromatic carbocycles. The fourth-order valence-corrected chi connectivity index (χ4v) is 5.69. The zero-order chi connectivity index (χ0) is 41.0. The Labute approximate surface area is 339 Å². The number of unbranched alkanes of at least 4 members (excludes halogenated alkanes) is 3. The molecule has 0 saturated carbocycles. The summed E-state index contributed by atoms with van der Waals surface area (Å²) in [6, 6.07) is 27.8. The van der Waals surface area contributed by atoms with Gasteiger partial charge in [0, 0.05) is 49.6 Å². The molecule has 296 valence electrons. The highest BCUT2D eigenvalue weighted by Gasteiger charge is 2.11. The van der Waals surface area contributed by atoms with Crippen LogP contribution in [0.5, 0.6) is 0 Å². The summed E-state index contributed by atoms with van der Waals surface area (Å²) in [6.45, 7) is 1.22. The van der Waals surface area contributed by atoms with Crippen molar-refractivity contribution in [2.75, 3.05) is 17.6 Å². The number of anilines is 2. The zero-order valence-corrected chi connectivity index (χ0v) is 32.6. The third kappa shape index (κ3) is 14.3. The molecule has 0 spiro atoms. The van der Waals surface area contributed by atoms with Gasteiger partial charge in [0.15, 0.2) is 0 Å². The van der Waals surface area contributed by atoms with E-state index >= 15 is 0 Å². The number of H-pyrrole nitrogens is 2. The van der Waals surface area contributed by atoms with E-state index in [4.69, 9.17) is 35.4 Å². The van der Waals surface area contributed by atoms with Crippen molar-refractivity contribution in [1.29, 1.82) is 0 Å². The first kappa shape index (κ1) is 43.2. The number of hydroxylamine groups is 1. The van der Waals surface area contributed by atoms with Crippen LogP contribution in [0, 0.1) is 9.28 Å². The second-order valence-electron chi connectivity index (χ2n) is 12.6. The number of pyridine rings is 2. The number of amides is 5. The number of hydrogen-bond donors (Lipinski definition) is 9. The summed E-state index contributed by atoms with van der Waals surface area (Å²) in [4.78, 5) is 65.4. The molecule has 2 aromatic heterocycles. The van der Waals surface area contributed by atoms with E-state index in [0.29, 0.717) is 75.4 Å². The molecule has 14 nitrogen and oxygen atoms in total. The minimum atomic E-state index is -0.380. The van der Waals surface area contributed by atoms with Crippen LogP contribution in [0.2, 0.25) is 0 Å². The average Bonchev–Trinajstić information content (AvgIpc) is 3.23. The van der Waals surface area contributed by atoms with Gasteiger partial charge in [0.2, 0.25) is 5.91 Å². The molecule has 0 fully saturated rings. The lowest BCUT2D eigenvalue weighted by Crippen LogP contribution is -2.25. The molecular weight excluding hydrogens is 765 g/mol. The number of aromatic amines is 2. The first-order valence-electron chi connectivity index (χ1n) is 18.0. The van der Waals surface area contributed by atoms with Gasteiger partial charge in [-0.3, -0.25) is 29.2 Å². The summed E-state index contributed by atoms with van der Waals surface area (Å²) in [6.07, 6.45) is 6.91. The van der Waals surface area contributed by atoms with Crippen LogP contribution in [0.15, 0.2) is 109 Å². The molecule has 0 unspecified atom stereocenters. The van der Waals surface area contributed by atoms with Crippen molar-refractivity contribution in [1.82, 2.24) is 31.4 Å². The highest BCUT2D eigenvalue weighted by molar-refractivity contribution is 7.71. The van der Waals surface area contributed by atoms with E-state index in [1.54, 1.807) is 115 Å². The number of para-hydroxylation sites is 2. The molecule has 0 aliphatic carbocycles. The van der Waals surface area contributed by atoms with E-state index in [1.165, 1.54) is 0 Å². The first-order chi connectivity index (χ1) is 27.5. The predicted octanol–water partition coefficient (Wildman–Crippen LogP) is 6.37. The van der Waals surface area contributed by atoms with Gasteiger partial charge in [0.1, 0.15) is 9.28 Å². The van der Waals surface area contributed by atoms with Crippen molar-refractivity contribution < 1.29 is 29.2 Å². The smallest absolute Gasteiger partial charge is 0.255 e. The molecule has 0 aliphatic rings. The quantitative estimate of drug-likeness (QED) is 0.0177. The lowest BCUT2D eigenvalue weighted by molar-refractivity contribution is -0.129. The van der Waals surface area contributed by atoms with E-state index < -0.39 is 0 Å². The van der Waals surface area contributed by atoms with Crippen molar-refractivity contribution in [3.63, 3.8) is 0 Å². The summed E-state index contributed by atoms with van der Waals surface area (Å²) in [5, 5.41) is 19.7. The number of carbonyl (C=O) groups excluding carboxylic acids is 5. The van der Waals surface area contributed by atoms with Gasteiger partial charge in [-0.2, -0.15) is 0 Å². The maximum Gasteiger partial charge on any atom is 0.255 e. The number of nitrogens with two attached hydrogens (primary N) is 1. The minimum Gasteiger partial charge on any atom is -0.397 e. The predicted molar refractivity (Wildman–Crippen MR) is 223 cm³/mol. The Morgan fingerprint density at radius 2 is 1.09 bits per heavy atom. The number of rotatable bonds is 16. The van der Waals surface area contributed by atoms with Gasteiger partial charge in [0.05, 0.1) is 22.5 Å². The SMILES string of the molecule is Nc1ccccc1NC(=O)c1ccc(CNC(=O)c2ccc[nH]c2=S)cc1.O=C(CCCCCCNC(=O)c1ccc(CNC(=O)c2ccc[nH]c2=S)cc1)NO. The van der Waals surface area contributed by atoms with Crippen LogP contribution in [0.3, 0.4) is 0 Å². The molecule has 0 saturated heterocycles. The summed E-state index contributed by atoms with van der Waals surface area (Å²) in [7, 11) is 0. The molecule has 57 heavy (non-hydrogen) atoms. The van der Waals surface area contributed by atoms with E-state index in [1.807, 2.05) is 0 Å². The molecule has 0 radical (unpaired) electrons. The third-order valence-corrected chi connectivity index (χ3v) is 9.09. The largest absolute Gasteiger partial charge is 0.397 e. The fourth-order valence-electron chi connectivity index (χ4n) is 5.23. The molecular formula is C41H44N8O6S2. The number of nitrogen functional groups attached to an aromatic ring is 1. The van der Waals surface area contributed by atoms with Crippen LogP contribution in [-0.2, 0) is 17.9 Å².